The molecular weight excluding hydrogens is 370 g/mol. The Bertz CT molecular complexity index is 1200. The van der Waals surface area contributed by atoms with Gasteiger partial charge in [0.15, 0.2) is 0 Å². The van der Waals surface area contributed by atoms with Crippen LogP contribution in [0.15, 0.2) is 84.0 Å². The highest BCUT2D eigenvalue weighted by Crippen LogP contribution is 2.26. The van der Waals surface area contributed by atoms with E-state index < -0.39 is 0 Å². The van der Waals surface area contributed by atoms with E-state index in [0.29, 0.717) is 12.8 Å². The van der Waals surface area contributed by atoms with E-state index in [0.717, 1.165) is 28.2 Å². The van der Waals surface area contributed by atoms with Crippen molar-refractivity contribution in [2.45, 2.75) is 26.7 Å². The molecule has 3 aromatic carbocycles. The van der Waals surface area contributed by atoms with Gasteiger partial charge >= 0.3 is 0 Å². The second-order valence-electron chi connectivity index (χ2n) is 7.44. The van der Waals surface area contributed by atoms with E-state index in [4.69, 9.17) is 0 Å². The Kier molecular flexibility index (Phi) is 5.75. The number of aryl methyl sites for hydroxylation is 2. The topological polar surface area (TPSA) is 46.4 Å². The van der Waals surface area contributed by atoms with Crippen LogP contribution in [0.2, 0.25) is 0 Å². The summed E-state index contributed by atoms with van der Waals surface area (Å²) in [5.41, 5.74) is 8.15. The Morgan fingerprint density at radius 3 is 2.53 bits per heavy atom. The molecule has 1 N–H and O–H groups in total. The first-order valence-corrected chi connectivity index (χ1v) is 10.2. The first kappa shape index (κ1) is 19.6. The van der Waals surface area contributed by atoms with Crippen molar-refractivity contribution in [3.05, 3.63) is 101 Å². The van der Waals surface area contributed by atoms with Gasteiger partial charge in [-0.3, -0.25) is 4.79 Å². The molecule has 150 valence electrons. The number of carbonyl (C=O) groups excluding carboxylic acids is 1. The van der Waals surface area contributed by atoms with Gasteiger partial charge in [-0.2, -0.15) is 5.10 Å². The Morgan fingerprint density at radius 2 is 1.70 bits per heavy atom. The normalized spacial score (nSPS) is 11.3. The largest absolute Gasteiger partial charge is 0.317 e. The van der Waals surface area contributed by atoms with Crippen LogP contribution in [0.25, 0.3) is 16.5 Å². The van der Waals surface area contributed by atoms with Crippen molar-refractivity contribution < 1.29 is 4.79 Å². The first-order valence-electron chi connectivity index (χ1n) is 10.2. The smallest absolute Gasteiger partial charge is 0.240 e. The van der Waals surface area contributed by atoms with Crippen LogP contribution in [-0.2, 0) is 11.2 Å². The molecule has 30 heavy (non-hydrogen) atoms. The van der Waals surface area contributed by atoms with Gasteiger partial charge in [-0.1, -0.05) is 66.7 Å². The van der Waals surface area contributed by atoms with Gasteiger partial charge < -0.3 is 4.57 Å². The molecule has 0 aliphatic carbocycles. The highest BCUT2D eigenvalue weighted by atomic mass is 16.2. The second kappa shape index (κ2) is 8.78. The van der Waals surface area contributed by atoms with Crippen molar-refractivity contribution in [1.82, 2.24) is 9.99 Å². The third-order valence-electron chi connectivity index (χ3n) is 5.35. The quantitative estimate of drug-likeness (QED) is 0.348. The van der Waals surface area contributed by atoms with E-state index in [-0.39, 0.29) is 5.91 Å². The third kappa shape index (κ3) is 4.18. The molecule has 0 fully saturated rings. The number of carbonyl (C=O) groups is 1. The molecule has 0 bridgehead atoms. The summed E-state index contributed by atoms with van der Waals surface area (Å²) in [6.45, 7) is 4.16. The third-order valence-corrected chi connectivity index (χ3v) is 5.35. The molecule has 0 saturated carbocycles. The molecule has 0 atom stereocenters. The number of nitrogens with one attached hydrogen (secondary N) is 1. The van der Waals surface area contributed by atoms with Crippen LogP contribution < -0.4 is 5.43 Å². The number of amides is 1. The van der Waals surface area contributed by atoms with Crippen molar-refractivity contribution >= 4 is 22.9 Å². The average molecular weight is 396 g/mol. The zero-order valence-electron chi connectivity index (χ0n) is 17.3. The van der Waals surface area contributed by atoms with Crippen molar-refractivity contribution in [3.63, 3.8) is 0 Å². The van der Waals surface area contributed by atoms with Crippen molar-refractivity contribution in [2.75, 3.05) is 0 Å². The van der Waals surface area contributed by atoms with Gasteiger partial charge in [0.1, 0.15) is 0 Å². The predicted molar refractivity (Wildman–Crippen MR) is 123 cm³/mol. The molecule has 0 unspecified atom stereocenters. The van der Waals surface area contributed by atoms with Crippen molar-refractivity contribution in [3.8, 4) is 5.69 Å². The Labute approximate surface area is 176 Å². The van der Waals surface area contributed by atoms with Gasteiger partial charge in [-0.25, -0.2) is 5.43 Å². The zero-order chi connectivity index (χ0) is 20.9. The first-order chi connectivity index (χ1) is 14.6. The number of rotatable bonds is 6. The van der Waals surface area contributed by atoms with Crippen LogP contribution >= 0.6 is 0 Å². The fraction of sp³-hybridized carbons (Fsp3) is 0.154. The Hall–Kier alpha value is -3.66. The van der Waals surface area contributed by atoms with Gasteiger partial charge in [0.2, 0.25) is 5.91 Å². The molecule has 0 saturated heterocycles. The molecule has 4 heteroatoms. The van der Waals surface area contributed by atoms with Gasteiger partial charge in [0.05, 0.1) is 11.9 Å². The van der Waals surface area contributed by atoms with E-state index in [1.807, 2.05) is 30.3 Å². The summed E-state index contributed by atoms with van der Waals surface area (Å²) in [5, 5.41) is 6.61. The summed E-state index contributed by atoms with van der Waals surface area (Å²) in [5.74, 6) is -0.0852. The van der Waals surface area contributed by atoms with Crippen LogP contribution in [0.4, 0.5) is 0 Å². The summed E-state index contributed by atoms with van der Waals surface area (Å²) in [6, 6.07) is 26.8. The molecule has 4 aromatic rings. The summed E-state index contributed by atoms with van der Waals surface area (Å²) < 4.78 is 2.24. The summed E-state index contributed by atoms with van der Waals surface area (Å²) in [7, 11) is 0. The summed E-state index contributed by atoms with van der Waals surface area (Å²) >= 11 is 0. The minimum Gasteiger partial charge on any atom is -0.317 e. The van der Waals surface area contributed by atoms with Gasteiger partial charge in [-0.05, 0) is 43.4 Å². The number of benzene rings is 3. The lowest BCUT2D eigenvalue weighted by molar-refractivity contribution is -0.121. The molecule has 0 aliphatic heterocycles. The molecule has 1 heterocycles. The molecular formula is C26H25N3O. The van der Waals surface area contributed by atoms with E-state index in [2.05, 4.69) is 77.5 Å². The monoisotopic (exact) mass is 395 g/mol. The van der Waals surface area contributed by atoms with E-state index in [1.165, 1.54) is 10.8 Å². The minimum absolute atomic E-state index is 0.0852. The summed E-state index contributed by atoms with van der Waals surface area (Å²) in [6.07, 6.45) is 2.85. The maximum absolute atomic E-state index is 12.1. The number of fused-ring (bicyclic) bond motifs is 1. The van der Waals surface area contributed by atoms with Gasteiger partial charge in [-0.15, -0.1) is 0 Å². The summed E-state index contributed by atoms with van der Waals surface area (Å²) in [4.78, 5) is 12.1. The zero-order valence-corrected chi connectivity index (χ0v) is 17.3. The molecule has 4 rings (SSSR count). The van der Waals surface area contributed by atoms with Crippen LogP contribution in [0, 0.1) is 13.8 Å². The molecule has 1 amide bonds. The highest BCUT2D eigenvalue weighted by molar-refractivity contribution is 5.91. The maximum Gasteiger partial charge on any atom is 0.240 e. The highest BCUT2D eigenvalue weighted by Gasteiger charge is 2.12. The standard InChI is InChI=1S/C26H25N3O/c1-19-17-23(18-27-28-26(30)16-15-21-9-4-3-5-10-21)20(2)29(19)25-14-8-12-22-11-6-7-13-24(22)25/h3-14,17-18H,15-16H2,1-2H3,(H,28,30)/b27-18-. The van der Waals surface area contributed by atoms with Crippen LogP contribution in [0.5, 0.6) is 0 Å². The Morgan fingerprint density at radius 1 is 0.967 bits per heavy atom. The number of hydrogen-bond donors (Lipinski definition) is 1. The predicted octanol–water partition coefficient (Wildman–Crippen LogP) is 5.33. The average Bonchev–Trinajstić information content (AvgIpc) is 3.05. The molecule has 4 nitrogen and oxygen atoms in total. The van der Waals surface area contributed by atoms with E-state index in [1.54, 1.807) is 6.21 Å². The molecule has 0 aliphatic rings. The number of hydrazone groups is 1. The van der Waals surface area contributed by atoms with Crippen molar-refractivity contribution in [1.29, 1.82) is 0 Å². The van der Waals surface area contributed by atoms with E-state index in [9.17, 15) is 4.79 Å². The lowest BCUT2D eigenvalue weighted by Gasteiger charge is -2.12. The minimum atomic E-state index is -0.0852. The lowest BCUT2D eigenvalue weighted by Crippen LogP contribution is -2.17. The Balaban J connectivity index is 1.49. The van der Waals surface area contributed by atoms with Crippen LogP contribution in [0.3, 0.4) is 0 Å². The second-order valence-corrected chi connectivity index (χ2v) is 7.44. The molecule has 0 spiro atoms. The fourth-order valence-electron chi connectivity index (χ4n) is 3.82. The van der Waals surface area contributed by atoms with Crippen LogP contribution in [0.1, 0.15) is 28.9 Å². The van der Waals surface area contributed by atoms with Crippen molar-refractivity contribution in [2.24, 2.45) is 5.10 Å². The number of hydrogen-bond acceptors (Lipinski definition) is 2. The van der Waals surface area contributed by atoms with Gasteiger partial charge in [0, 0.05) is 28.8 Å². The SMILES string of the molecule is Cc1cc(/C=N\NC(=O)CCc2ccccc2)c(C)n1-c1cccc2ccccc12. The lowest BCUT2D eigenvalue weighted by atomic mass is 10.1. The number of aromatic nitrogens is 1. The maximum atomic E-state index is 12.1. The van der Waals surface area contributed by atoms with Crippen LogP contribution in [-0.4, -0.2) is 16.7 Å². The molecule has 0 radical (unpaired) electrons. The fourth-order valence-corrected chi connectivity index (χ4v) is 3.82. The number of nitrogens with zero attached hydrogens (tertiary/aromatic N) is 2. The van der Waals surface area contributed by atoms with E-state index >= 15 is 0 Å². The molecule has 1 aromatic heterocycles. The van der Waals surface area contributed by atoms with Gasteiger partial charge in [0.25, 0.3) is 0 Å².